The number of fused-ring (bicyclic) bond motifs is 1. The van der Waals surface area contributed by atoms with Gasteiger partial charge in [0.05, 0.1) is 5.56 Å². The fourth-order valence-corrected chi connectivity index (χ4v) is 3.41. The van der Waals surface area contributed by atoms with Gasteiger partial charge in [-0.3, -0.25) is 4.79 Å². The molecule has 1 amide bonds. The lowest BCUT2D eigenvalue weighted by molar-refractivity contribution is 0.0870. The first-order chi connectivity index (χ1) is 7.98. The zero-order valence-corrected chi connectivity index (χ0v) is 10.2. The molecule has 1 aromatic rings. The molecule has 6 heteroatoms. The van der Waals surface area contributed by atoms with Gasteiger partial charge < -0.3 is 5.11 Å². The monoisotopic (exact) mass is 255 g/mol. The van der Waals surface area contributed by atoms with Crippen molar-refractivity contribution >= 4 is 15.9 Å². The molecule has 1 aliphatic rings. The van der Waals surface area contributed by atoms with E-state index >= 15 is 0 Å². The predicted molar refractivity (Wildman–Crippen MR) is 61.2 cm³/mol. The van der Waals surface area contributed by atoms with E-state index in [1.807, 2.05) is 6.92 Å². The second-order valence-corrected chi connectivity index (χ2v) is 5.75. The Kier molecular flexibility index (Phi) is 2.82. The number of sulfonamides is 1. The number of nitrogens with zero attached hydrogens (tertiary/aromatic N) is 1. The van der Waals surface area contributed by atoms with E-state index in [-0.39, 0.29) is 22.8 Å². The van der Waals surface area contributed by atoms with Gasteiger partial charge in [-0.2, -0.15) is 0 Å². The molecule has 0 aliphatic carbocycles. The first-order valence-electron chi connectivity index (χ1n) is 5.38. The first-order valence-corrected chi connectivity index (χ1v) is 6.82. The Morgan fingerprint density at radius 3 is 2.71 bits per heavy atom. The minimum absolute atomic E-state index is 0.0985. The van der Waals surface area contributed by atoms with Gasteiger partial charge in [-0.1, -0.05) is 13.3 Å². The van der Waals surface area contributed by atoms with Gasteiger partial charge in [0.1, 0.15) is 10.6 Å². The van der Waals surface area contributed by atoms with Gasteiger partial charge in [-0.15, -0.1) is 0 Å². The van der Waals surface area contributed by atoms with Crippen LogP contribution in [0.1, 0.15) is 30.1 Å². The highest BCUT2D eigenvalue weighted by Crippen LogP contribution is 2.32. The summed E-state index contributed by atoms with van der Waals surface area (Å²) in [4.78, 5) is 11.8. The van der Waals surface area contributed by atoms with Crippen LogP contribution in [0, 0.1) is 0 Å². The molecule has 1 aliphatic heterocycles. The molecular formula is C11H13NO4S. The molecule has 0 radical (unpaired) electrons. The number of aromatic hydroxyl groups is 1. The van der Waals surface area contributed by atoms with Crippen LogP contribution in [0.2, 0.25) is 0 Å². The van der Waals surface area contributed by atoms with E-state index in [4.69, 9.17) is 0 Å². The Morgan fingerprint density at radius 1 is 1.35 bits per heavy atom. The van der Waals surface area contributed by atoms with Crippen LogP contribution in [-0.2, 0) is 10.0 Å². The summed E-state index contributed by atoms with van der Waals surface area (Å²) in [5.74, 6) is -0.661. The molecule has 1 heterocycles. The molecule has 0 saturated carbocycles. The number of hydrogen-bond donors (Lipinski definition) is 1. The topological polar surface area (TPSA) is 74.7 Å². The van der Waals surface area contributed by atoms with Gasteiger partial charge in [0.15, 0.2) is 0 Å². The molecule has 1 aromatic carbocycles. The highest BCUT2D eigenvalue weighted by molar-refractivity contribution is 7.90. The predicted octanol–water partition coefficient (Wildman–Crippen LogP) is 1.34. The van der Waals surface area contributed by atoms with Crippen molar-refractivity contribution in [3.63, 3.8) is 0 Å². The summed E-state index contributed by atoms with van der Waals surface area (Å²) in [5.41, 5.74) is 0.138. The van der Waals surface area contributed by atoms with Gasteiger partial charge in [0.2, 0.25) is 0 Å². The number of carbonyl (C=O) groups excluding carboxylic acids is 1. The molecule has 0 aromatic heterocycles. The van der Waals surface area contributed by atoms with E-state index in [1.54, 1.807) is 0 Å². The van der Waals surface area contributed by atoms with E-state index < -0.39 is 15.9 Å². The zero-order chi connectivity index (χ0) is 12.6. The van der Waals surface area contributed by atoms with E-state index in [9.17, 15) is 18.3 Å². The third-order valence-electron chi connectivity index (χ3n) is 2.70. The van der Waals surface area contributed by atoms with Crippen LogP contribution in [0.5, 0.6) is 5.75 Å². The molecule has 1 N–H and O–H groups in total. The van der Waals surface area contributed by atoms with Crippen LogP contribution < -0.4 is 0 Å². The average Bonchev–Trinajstić information content (AvgIpc) is 2.45. The van der Waals surface area contributed by atoms with Crippen molar-refractivity contribution in [3.8, 4) is 5.75 Å². The molecule has 0 saturated heterocycles. The minimum Gasteiger partial charge on any atom is -0.508 e. The van der Waals surface area contributed by atoms with Crippen LogP contribution in [0.15, 0.2) is 23.1 Å². The van der Waals surface area contributed by atoms with Crippen molar-refractivity contribution < 1.29 is 18.3 Å². The van der Waals surface area contributed by atoms with Crippen LogP contribution in [-0.4, -0.2) is 30.3 Å². The average molecular weight is 255 g/mol. The van der Waals surface area contributed by atoms with Gasteiger partial charge in [-0.05, 0) is 18.6 Å². The second-order valence-electron chi connectivity index (χ2n) is 3.92. The molecule has 17 heavy (non-hydrogen) atoms. The quantitative estimate of drug-likeness (QED) is 0.884. The third kappa shape index (κ3) is 1.78. The van der Waals surface area contributed by atoms with E-state index in [1.165, 1.54) is 12.1 Å². The molecule has 0 fully saturated rings. The molecule has 2 rings (SSSR count). The molecular weight excluding hydrogens is 242 g/mol. The molecule has 0 unspecified atom stereocenters. The van der Waals surface area contributed by atoms with E-state index in [2.05, 4.69) is 0 Å². The van der Waals surface area contributed by atoms with Crippen molar-refractivity contribution in [2.75, 3.05) is 6.54 Å². The number of amides is 1. The lowest BCUT2D eigenvalue weighted by Gasteiger charge is -2.13. The standard InChI is InChI=1S/C11H13NO4S/c1-2-3-6-12-11(14)9-5-4-8(13)7-10(9)17(12,15)16/h4-5,7,13H,2-3,6H2,1H3. The van der Waals surface area contributed by atoms with Crippen molar-refractivity contribution in [1.29, 1.82) is 0 Å². The number of hydrogen-bond acceptors (Lipinski definition) is 4. The van der Waals surface area contributed by atoms with Crippen LogP contribution >= 0.6 is 0 Å². The summed E-state index contributed by atoms with van der Waals surface area (Å²) in [6.45, 7) is 2.11. The van der Waals surface area contributed by atoms with E-state index in [0.29, 0.717) is 6.42 Å². The van der Waals surface area contributed by atoms with Crippen molar-refractivity contribution in [2.24, 2.45) is 0 Å². The minimum atomic E-state index is -3.77. The summed E-state index contributed by atoms with van der Waals surface area (Å²) in [6, 6.07) is 3.78. The lowest BCUT2D eigenvalue weighted by atomic mass is 10.2. The number of phenolic OH excluding ortho intramolecular Hbond substituents is 1. The molecule has 0 atom stereocenters. The molecule has 5 nitrogen and oxygen atoms in total. The van der Waals surface area contributed by atoms with Gasteiger partial charge >= 0.3 is 0 Å². The highest BCUT2D eigenvalue weighted by Gasteiger charge is 2.40. The summed E-state index contributed by atoms with van der Waals surface area (Å²) in [7, 11) is -3.77. The Bertz CT molecular complexity index is 565. The highest BCUT2D eigenvalue weighted by atomic mass is 32.2. The van der Waals surface area contributed by atoms with Crippen LogP contribution in [0.4, 0.5) is 0 Å². The molecule has 92 valence electrons. The Balaban J connectivity index is 2.49. The largest absolute Gasteiger partial charge is 0.508 e. The Hall–Kier alpha value is -1.56. The van der Waals surface area contributed by atoms with Crippen molar-refractivity contribution in [3.05, 3.63) is 23.8 Å². The Labute approximate surface area is 99.7 Å². The number of benzene rings is 1. The van der Waals surface area contributed by atoms with Crippen LogP contribution in [0.3, 0.4) is 0 Å². The smallest absolute Gasteiger partial charge is 0.269 e. The Morgan fingerprint density at radius 2 is 2.06 bits per heavy atom. The summed E-state index contributed by atoms with van der Waals surface area (Å²) in [6.07, 6.45) is 1.44. The maximum atomic E-state index is 12.0. The maximum Gasteiger partial charge on any atom is 0.269 e. The zero-order valence-electron chi connectivity index (χ0n) is 9.38. The fourth-order valence-electron chi connectivity index (χ4n) is 1.79. The molecule has 0 bridgehead atoms. The number of unbranched alkanes of at least 4 members (excludes halogenated alkanes) is 1. The van der Waals surface area contributed by atoms with Crippen molar-refractivity contribution in [1.82, 2.24) is 4.31 Å². The number of rotatable bonds is 3. The summed E-state index contributed by atoms with van der Waals surface area (Å²) in [5, 5.41) is 9.28. The SMILES string of the molecule is CCCCN1C(=O)c2ccc(O)cc2S1(=O)=O. The normalized spacial score (nSPS) is 17.2. The summed E-state index contributed by atoms with van der Waals surface area (Å²) < 4.78 is 25.0. The first kappa shape index (κ1) is 11.9. The number of carbonyl (C=O) groups is 1. The van der Waals surface area contributed by atoms with Gasteiger partial charge in [-0.25, -0.2) is 12.7 Å². The molecule has 0 spiro atoms. The third-order valence-corrected chi connectivity index (χ3v) is 4.53. The van der Waals surface area contributed by atoms with Gasteiger partial charge in [0, 0.05) is 12.6 Å². The van der Waals surface area contributed by atoms with Crippen molar-refractivity contribution in [2.45, 2.75) is 24.7 Å². The summed E-state index contributed by atoms with van der Waals surface area (Å²) >= 11 is 0. The maximum absolute atomic E-state index is 12.0. The lowest BCUT2D eigenvalue weighted by Crippen LogP contribution is -2.30. The van der Waals surface area contributed by atoms with Crippen LogP contribution in [0.25, 0.3) is 0 Å². The number of phenols is 1. The fraction of sp³-hybridized carbons (Fsp3) is 0.364. The second kappa shape index (κ2) is 4.03. The van der Waals surface area contributed by atoms with E-state index in [0.717, 1.165) is 16.8 Å². The van der Waals surface area contributed by atoms with Gasteiger partial charge in [0.25, 0.3) is 15.9 Å².